The van der Waals surface area contributed by atoms with Crippen molar-refractivity contribution in [3.8, 4) is 5.75 Å². The van der Waals surface area contributed by atoms with E-state index in [1.54, 1.807) is 18.2 Å². The fourth-order valence-corrected chi connectivity index (χ4v) is 1.30. The maximum Gasteiger partial charge on any atom is 0.272 e. The molecule has 0 heterocycles. The number of rotatable bonds is 3. The van der Waals surface area contributed by atoms with E-state index >= 15 is 0 Å². The van der Waals surface area contributed by atoms with E-state index in [2.05, 4.69) is 15.9 Å². The van der Waals surface area contributed by atoms with Crippen molar-refractivity contribution in [1.82, 2.24) is 0 Å². The van der Waals surface area contributed by atoms with Crippen LogP contribution in [-0.4, -0.2) is 13.0 Å². The predicted molar refractivity (Wildman–Crippen MR) is 50.1 cm³/mol. The summed E-state index contributed by atoms with van der Waals surface area (Å²) in [6.45, 7) is -0.609. The molecule has 1 aromatic rings. The fraction of sp³-hybridized carbons (Fsp3) is 0.250. The lowest BCUT2D eigenvalue weighted by Crippen LogP contribution is -2.07. The Morgan fingerprint density at radius 3 is 2.69 bits per heavy atom. The zero-order chi connectivity index (χ0) is 9.84. The van der Waals surface area contributed by atoms with E-state index in [1.165, 1.54) is 0 Å². The summed E-state index contributed by atoms with van der Waals surface area (Å²) in [6, 6.07) is 4.73. The van der Waals surface area contributed by atoms with Gasteiger partial charge in [0.15, 0.2) is 0 Å². The summed E-state index contributed by atoms with van der Waals surface area (Å²) in [6.07, 6.45) is -2.47. The monoisotopic (exact) mass is 251 g/mol. The molecule has 0 amide bonds. The highest BCUT2D eigenvalue weighted by Crippen LogP contribution is 2.27. The Labute approximate surface area is 82.8 Å². The van der Waals surface area contributed by atoms with Crippen LogP contribution in [0.2, 0.25) is 0 Å². The van der Waals surface area contributed by atoms with Gasteiger partial charge in [0.25, 0.3) is 6.43 Å². The molecule has 0 bridgehead atoms. The summed E-state index contributed by atoms with van der Waals surface area (Å²) in [5, 5.41) is 0. The quantitative estimate of drug-likeness (QED) is 0.839. The van der Waals surface area contributed by atoms with Gasteiger partial charge >= 0.3 is 0 Å². The molecule has 0 aromatic heterocycles. The van der Waals surface area contributed by atoms with E-state index in [0.717, 1.165) is 0 Å². The third-order valence-corrected chi connectivity index (χ3v) is 1.94. The average Bonchev–Trinajstić information content (AvgIpc) is 2.02. The smallest absolute Gasteiger partial charge is 0.272 e. The minimum absolute atomic E-state index is 0.370. The molecule has 0 unspecified atom stereocenters. The highest BCUT2D eigenvalue weighted by molar-refractivity contribution is 9.10. The highest BCUT2D eigenvalue weighted by Gasteiger charge is 2.06. The van der Waals surface area contributed by atoms with Crippen molar-refractivity contribution in [1.29, 1.82) is 0 Å². The van der Waals surface area contributed by atoms with E-state index in [4.69, 9.17) is 10.5 Å². The summed E-state index contributed by atoms with van der Waals surface area (Å²) in [5.41, 5.74) is 6.00. The van der Waals surface area contributed by atoms with Gasteiger partial charge in [-0.1, -0.05) is 0 Å². The Balaban J connectivity index is 2.67. The lowest BCUT2D eigenvalue weighted by Gasteiger charge is -2.07. The Morgan fingerprint density at radius 1 is 1.46 bits per heavy atom. The van der Waals surface area contributed by atoms with E-state index in [9.17, 15) is 8.78 Å². The van der Waals surface area contributed by atoms with Crippen LogP contribution in [0, 0.1) is 0 Å². The van der Waals surface area contributed by atoms with E-state index in [-0.39, 0.29) is 0 Å². The minimum atomic E-state index is -2.47. The van der Waals surface area contributed by atoms with Crippen molar-refractivity contribution in [2.45, 2.75) is 6.43 Å². The molecular weight excluding hydrogens is 244 g/mol. The molecule has 0 spiro atoms. The maximum atomic E-state index is 11.8. The van der Waals surface area contributed by atoms with E-state index < -0.39 is 13.0 Å². The first kappa shape index (κ1) is 10.2. The number of anilines is 1. The van der Waals surface area contributed by atoms with Crippen molar-refractivity contribution in [2.75, 3.05) is 12.3 Å². The molecule has 0 fully saturated rings. The molecule has 72 valence electrons. The van der Waals surface area contributed by atoms with Crippen molar-refractivity contribution >= 4 is 21.6 Å². The molecule has 0 saturated carbocycles. The Bertz CT molecular complexity index is 293. The largest absolute Gasteiger partial charge is 0.486 e. The number of halogens is 3. The van der Waals surface area contributed by atoms with Gasteiger partial charge in [-0.3, -0.25) is 0 Å². The fourth-order valence-electron chi connectivity index (χ4n) is 0.787. The molecule has 2 nitrogen and oxygen atoms in total. The summed E-state index contributed by atoms with van der Waals surface area (Å²) in [5.74, 6) is 0.370. The third-order valence-electron chi connectivity index (χ3n) is 1.32. The summed E-state index contributed by atoms with van der Waals surface area (Å²) in [7, 11) is 0. The lowest BCUT2D eigenvalue weighted by atomic mass is 10.3. The Hall–Kier alpha value is -0.840. The normalized spacial score (nSPS) is 10.5. The Morgan fingerprint density at radius 2 is 2.15 bits per heavy atom. The zero-order valence-electron chi connectivity index (χ0n) is 6.64. The van der Waals surface area contributed by atoms with Crippen molar-refractivity contribution in [3.63, 3.8) is 0 Å². The van der Waals surface area contributed by atoms with Gasteiger partial charge in [-0.15, -0.1) is 0 Å². The first-order chi connectivity index (χ1) is 6.09. The van der Waals surface area contributed by atoms with Gasteiger partial charge in [-0.2, -0.15) is 0 Å². The van der Waals surface area contributed by atoms with Gasteiger partial charge in [-0.25, -0.2) is 8.78 Å². The highest BCUT2D eigenvalue weighted by atomic mass is 79.9. The SMILES string of the molecule is Nc1ccc(OCC(F)F)c(Br)c1. The maximum absolute atomic E-state index is 11.8. The molecule has 1 aromatic carbocycles. The molecule has 1 rings (SSSR count). The number of hydrogen-bond donors (Lipinski definition) is 1. The van der Waals surface area contributed by atoms with Crippen LogP contribution in [0.4, 0.5) is 14.5 Å². The van der Waals surface area contributed by atoms with Gasteiger partial charge in [0.05, 0.1) is 4.47 Å². The van der Waals surface area contributed by atoms with Crippen LogP contribution < -0.4 is 10.5 Å². The number of ether oxygens (including phenoxy) is 1. The minimum Gasteiger partial charge on any atom is -0.486 e. The first-order valence-corrected chi connectivity index (χ1v) is 4.35. The summed E-state index contributed by atoms with van der Waals surface area (Å²) in [4.78, 5) is 0. The summed E-state index contributed by atoms with van der Waals surface area (Å²) < 4.78 is 28.9. The second-order valence-corrected chi connectivity index (χ2v) is 3.25. The predicted octanol–water partition coefficient (Wildman–Crippen LogP) is 2.68. The number of alkyl halides is 2. The number of nitrogen functional groups attached to an aromatic ring is 1. The summed E-state index contributed by atoms with van der Waals surface area (Å²) >= 11 is 3.15. The van der Waals surface area contributed by atoms with E-state index in [1.807, 2.05) is 0 Å². The second-order valence-electron chi connectivity index (χ2n) is 2.39. The Kier molecular flexibility index (Phi) is 3.48. The molecular formula is C8H8BrF2NO. The van der Waals surface area contributed by atoms with Gasteiger partial charge in [-0.05, 0) is 34.1 Å². The number of benzene rings is 1. The second kappa shape index (κ2) is 4.41. The molecule has 0 aliphatic carbocycles. The molecule has 13 heavy (non-hydrogen) atoms. The van der Waals surface area contributed by atoms with Crippen molar-refractivity contribution in [2.24, 2.45) is 0 Å². The van der Waals surface area contributed by atoms with Crippen LogP contribution in [0.5, 0.6) is 5.75 Å². The van der Waals surface area contributed by atoms with Gasteiger partial charge in [0.1, 0.15) is 12.4 Å². The average molecular weight is 252 g/mol. The van der Waals surface area contributed by atoms with Crippen LogP contribution >= 0.6 is 15.9 Å². The van der Waals surface area contributed by atoms with Crippen molar-refractivity contribution < 1.29 is 13.5 Å². The zero-order valence-corrected chi connectivity index (χ0v) is 8.22. The van der Waals surface area contributed by atoms with E-state index in [0.29, 0.717) is 15.9 Å². The molecule has 0 radical (unpaired) electrons. The van der Waals surface area contributed by atoms with Crippen LogP contribution in [0.3, 0.4) is 0 Å². The number of nitrogens with two attached hydrogens (primary N) is 1. The van der Waals surface area contributed by atoms with Crippen molar-refractivity contribution in [3.05, 3.63) is 22.7 Å². The molecule has 5 heteroatoms. The number of hydrogen-bond acceptors (Lipinski definition) is 2. The third kappa shape index (κ3) is 3.18. The van der Waals surface area contributed by atoms with Gasteiger partial charge < -0.3 is 10.5 Å². The molecule has 0 aliphatic heterocycles. The molecule has 0 aliphatic rings. The van der Waals surface area contributed by atoms with Crippen LogP contribution in [0.1, 0.15) is 0 Å². The van der Waals surface area contributed by atoms with Crippen LogP contribution in [-0.2, 0) is 0 Å². The first-order valence-electron chi connectivity index (χ1n) is 3.55. The van der Waals surface area contributed by atoms with Gasteiger partial charge in [0, 0.05) is 5.69 Å². The topological polar surface area (TPSA) is 35.2 Å². The van der Waals surface area contributed by atoms with Crippen LogP contribution in [0.15, 0.2) is 22.7 Å². The lowest BCUT2D eigenvalue weighted by molar-refractivity contribution is 0.0815. The molecule has 2 N–H and O–H groups in total. The standard InChI is InChI=1S/C8H8BrF2NO/c9-6-3-5(12)1-2-7(6)13-4-8(10)11/h1-3,8H,4,12H2. The van der Waals surface area contributed by atoms with Crippen LogP contribution in [0.25, 0.3) is 0 Å². The molecule has 0 atom stereocenters. The van der Waals surface area contributed by atoms with Gasteiger partial charge in [0.2, 0.25) is 0 Å². The molecule has 0 saturated heterocycles.